The van der Waals surface area contributed by atoms with Crippen molar-refractivity contribution >= 4 is 17.5 Å². The Morgan fingerprint density at radius 1 is 1.11 bits per heavy atom. The first kappa shape index (κ1) is 28.7. The molecule has 194 valence electrons. The van der Waals surface area contributed by atoms with E-state index in [0.717, 1.165) is 30.4 Å². The lowest BCUT2D eigenvalue weighted by Crippen LogP contribution is -2.11. The van der Waals surface area contributed by atoms with Gasteiger partial charge in [-0.3, -0.25) is 4.79 Å². The zero-order valence-electron chi connectivity index (χ0n) is 21.5. The molecule has 1 atom stereocenters. The minimum Gasteiger partial charge on any atom is -0.496 e. The van der Waals surface area contributed by atoms with Gasteiger partial charge in [-0.25, -0.2) is 4.79 Å². The van der Waals surface area contributed by atoms with Gasteiger partial charge >= 0.3 is 11.9 Å². The largest absolute Gasteiger partial charge is 0.496 e. The second kappa shape index (κ2) is 14.7. The number of aliphatic hydroxyl groups is 1. The molecule has 2 aromatic rings. The maximum absolute atomic E-state index is 12.2. The summed E-state index contributed by atoms with van der Waals surface area (Å²) in [4.78, 5) is 24.2. The van der Waals surface area contributed by atoms with E-state index in [4.69, 9.17) is 18.9 Å². The fraction of sp³-hybridized carbons (Fsp3) is 0.379. The molecule has 1 N–H and O–H groups in total. The number of hydrogen-bond donors (Lipinski definition) is 1. The Morgan fingerprint density at radius 3 is 2.50 bits per heavy atom. The van der Waals surface area contributed by atoms with Gasteiger partial charge in [0.15, 0.2) is 0 Å². The lowest BCUT2D eigenvalue weighted by molar-refractivity contribution is -0.146. The Morgan fingerprint density at radius 2 is 1.86 bits per heavy atom. The van der Waals surface area contributed by atoms with Crippen LogP contribution in [0.4, 0.5) is 0 Å². The van der Waals surface area contributed by atoms with E-state index in [0.29, 0.717) is 34.6 Å². The summed E-state index contributed by atoms with van der Waals surface area (Å²) >= 11 is 0. The highest BCUT2D eigenvalue weighted by atomic mass is 16.5. The predicted octanol–water partition coefficient (Wildman–Crippen LogP) is 5.68. The number of carbonyl (C=O) groups is 2. The molecule has 0 aromatic heterocycles. The Bertz CT molecular complexity index is 1070. The predicted molar refractivity (Wildman–Crippen MR) is 139 cm³/mol. The Labute approximate surface area is 213 Å². The van der Waals surface area contributed by atoms with Gasteiger partial charge in [0.05, 0.1) is 26.4 Å². The van der Waals surface area contributed by atoms with Crippen LogP contribution in [0, 0.1) is 0 Å². The molecule has 7 nitrogen and oxygen atoms in total. The molecule has 0 heterocycles. The van der Waals surface area contributed by atoms with E-state index in [1.807, 2.05) is 24.3 Å². The standard InChI is InChI=1S/C29H36O7/c1-6-7-10-20(2)23(25-19-22(29(32)34-5)13-15-26(25)33-4)14-16-28(36-21(3)31)24-11-8-9-12-27(24)35-18-17-30/h8-9,11-15,19,28,30H,2,6-7,10,16-18H2,1,3-5H3/b23-14-/t28-/m0/s1. The maximum Gasteiger partial charge on any atom is 0.337 e. The van der Waals surface area contributed by atoms with Crippen LogP contribution in [0.1, 0.15) is 67.1 Å². The van der Waals surface area contributed by atoms with Gasteiger partial charge in [0.25, 0.3) is 0 Å². The minimum absolute atomic E-state index is 0.121. The quantitative estimate of drug-likeness (QED) is 0.266. The topological polar surface area (TPSA) is 91.3 Å². The van der Waals surface area contributed by atoms with Crippen LogP contribution in [0.15, 0.2) is 60.7 Å². The molecule has 2 rings (SSSR count). The van der Waals surface area contributed by atoms with Crippen molar-refractivity contribution < 1.29 is 33.6 Å². The number of methoxy groups -OCH3 is 2. The van der Waals surface area contributed by atoms with E-state index < -0.39 is 18.0 Å². The van der Waals surface area contributed by atoms with Crippen molar-refractivity contribution in [3.63, 3.8) is 0 Å². The second-order valence-electron chi connectivity index (χ2n) is 8.18. The van der Waals surface area contributed by atoms with Gasteiger partial charge in [-0.15, -0.1) is 0 Å². The van der Waals surface area contributed by atoms with Gasteiger partial charge in [0.2, 0.25) is 0 Å². The summed E-state index contributed by atoms with van der Waals surface area (Å²) in [6, 6.07) is 12.4. The molecule has 0 fully saturated rings. The third-order valence-corrected chi connectivity index (χ3v) is 5.58. The van der Waals surface area contributed by atoms with Crippen LogP contribution in [0.3, 0.4) is 0 Å². The van der Waals surface area contributed by atoms with Crippen molar-refractivity contribution in [2.45, 2.75) is 45.6 Å². The van der Waals surface area contributed by atoms with Crippen LogP contribution in [-0.4, -0.2) is 44.5 Å². The highest BCUT2D eigenvalue weighted by molar-refractivity contribution is 5.92. The zero-order chi connectivity index (χ0) is 26.5. The van der Waals surface area contributed by atoms with Crippen LogP contribution in [0.5, 0.6) is 11.5 Å². The summed E-state index contributed by atoms with van der Waals surface area (Å²) in [5.41, 5.74) is 3.46. The van der Waals surface area contributed by atoms with E-state index in [9.17, 15) is 14.7 Å². The number of para-hydroxylation sites is 1. The van der Waals surface area contributed by atoms with Crippen molar-refractivity contribution in [3.05, 3.63) is 77.4 Å². The molecule has 0 amide bonds. The first-order valence-electron chi connectivity index (χ1n) is 12.0. The van der Waals surface area contributed by atoms with Crippen molar-refractivity contribution in [3.8, 4) is 11.5 Å². The molecule has 2 aromatic carbocycles. The summed E-state index contributed by atoms with van der Waals surface area (Å²) < 4.78 is 21.9. The van der Waals surface area contributed by atoms with E-state index >= 15 is 0 Å². The van der Waals surface area contributed by atoms with Crippen LogP contribution in [-0.2, 0) is 14.3 Å². The molecule has 36 heavy (non-hydrogen) atoms. The van der Waals surface area contributed by atoms with Crippen molar-refractivity contribution in [2.75, 3.05) is 27.4 Å². The van der Waals surface area contributed by atoms with Gasteiger partial charge in [-0.1, -0.05) is 44.2 Å². The van der Waals surface area contributed by atoms with E-state index in [1.165, 1.54) is 14.0 Å². The maximum atomic E-state index is 12.2. The molecule has 0 aliphatic rings. The molecule has 0 saturated heterocycles. The number of unbranched alkanes of at least 4 members (excludes halogenated alkanes) is 1. The van der Waals surface area contributed by atoms with Gasteiger partial charge in [0.1, 0.15) is 24.2 Å². The SMILES string of the molecule is C=C(CCCC)/C(=C/C[C@H](OC(C)=O)c1ccccc1OCCO)c1cc(C(=O)OC)ccc1OC. The number of aliphatic hydroxyl groups excluding tert-OH is 1. The fourth-order valence-corrected chi connectivity index (χ4v) is 3.83. The van der Waals surface area contributed by atoms with E-state index in [-0.39, 0.29) is 13.2 Å². The number of carbonyl (C=O) groups excluding carboxylic acids is 2. The van der Waals surface area contributed by atoms with Gasteiger partial charge in [-0.05, 0) is 48.3 Å². The van der Waals surface area contributed by atoms with E-state index in [1.54, 1.807) is 31.4 Å². The Hall–Kier alpha value is -3.58. The van der Waals surface area contributed by atoms with Crippen LogP contribution < -0.4 is 9.47 Å². The molecule has 0 aliphatic heterocycles. The summed E-state index contributed by atoms with van der Waals surface area (Å²) in [6.07, 6.45) is 4.33. The first-order chi connectivity index (χ1) is 17.4. The Balaban J connectivity index is 2.58. The Kier molecular flexibility index (Phi) is 11.7. The molecular weight excluding hydrogens is 460 g/mol. The summed E-state index contributed by atoms with van der Waals surface area (Å²) in [7, 11) is 2.91. The molecular formula is C29H36O7. The van der Waals surface area contributed by atoms with Gasteiger partial charge in [0, 0.05) is 24.5 Å². The molecule has 0 radical (unpaired) electrons. The highest BCUT2D eigenvalue weighted by Crippen LogP contribution is 2.37. The number of rotatable bonds is 14. The lowest BCUT2D eigenvalue weighted by Gasteiger charge is -2.21. The van der Waals surface area contributed by atoms with Crippen LogP contribution >= 0.6 is 0 Å². The van der Waals surface area contributed by atoms with Crippen molar-refractivity contribution in [2.24, 2.45) is 0 Å². The van der Waals surface area contributed by atoms with Gasteiger partial charge in [-0.2, -0.15) is 0 Å². The summed E-state index contributed by atoms with van der Waals surface area (Å²) in [6.45, 7) is 7.76. The number of esters is 2. The molecule has 7 heteroatoms. The highest BCUT2D eigenvalue weighted by Gasteiger charge is 2.21. The average Bonchev–Trinajstić information content (AvgIpc) is 2.89. The number of hydrogen-bond acceptors (Lipinski definition) is 7. The third kappa shape index (κ3) is 7.99. The van der Waals surface area contributed by atoms with Crippen LogP contribution in [0.2, 0.25) is 0 Å². The fourth-order valence-electron chi connectivity index (χ4n) is 3.83. The normalized spacial score (nSPS) is 12.0. The number of allylic oxidation sites excluding steroid dienone is 2. The van der Waals surface area contributed by atoms with E-state index in [2.05, 4.69) is 13.5 Å². The summed E-state index contributed by atoms with van der Waals surface area (Å²) in [5.74, 6) is 0.234. The first-order valence-corrected chi connectivity index (χ1v) is 12.0. The van der Waals surface area contributed by atoms with Crippen molar-refractivity contribution in [1.82, 2.24) is 0 Å². The average molecular weight is 497 g/mol. The molecule has 0 saturated carbocycles. The lowest BCUT2D eigenvalue weighted by atomic mass is 9.91. The molecule has 0 aliphatic carbocycles. The van der Waals surface area contributed by atoms with Crippen LogP contribution in [0.25, 0.3) is 5.57 Å². The number of benzene rings is 2. The molecule has 0 unspecified atom stereocenters. The second-order valence-corrected chi connectivity index (χ2v) is 8.18. The molecule has 0 bridgehead atoms. The van der Waals surface area contributed by atoms with Crippen molar-refractivity contribution in [1.29, 1.82) is 0 Å². The minimum atomic E-state index is -0.638. The molecule has 0 spiro atoms. The zero-order valence-corrected chi connectivity index (χ0v) is 21.5. The smallest absolute Gasteiger partial charge is 0.337 e. The summed E-state index contributed by atoms with van der Waals surface area (Å²) in [5, 5.41) is 9.19. The number of ether oxygens (including phenoxy) is 4. The monoisotopic (exact) mass is 496 g/mol. The third-order valence-electron chi connectivity index (χ3n) is 5.58. The van der Waals surface area contributed by atoms with Gasteiger partial charge < -0.3 is 24.1 Å².